The van der Waals surface area contributed by atoms with Crippen LogP contribution in [0.5, 0.6) is 0 Å². The van der Waals surface area contributed by atoms with Crippen LogP contribution in [-0.4, -0.2) is 54.4 Å². The van der Waals surface area contributed by atoms with Gasteiger partial charge in [0.25, 0.3) is 0 Å². The highest BCUT2D eigenvalue weighted by atomic mass is 32.2. The van der Waals surface area contributed by atoms with Gasteiger partial charge >= 0.3 is 5.97 Å². The van der Waals surface area contributed by atoms with Gasteiger partial charge in [0, 0.05) is 19.0 Å². The van der Waals surface area contributed by atoms with Crippen LogP contribution in [0.3, 0.4) is 0 Å². The van der Waals surface area contributed by atoms with Crippen molar-refractivity contribution >= 4 is 21.7 Å². The van der Waals surface area contributed by atoms with E-state index in [0.29, 0.717) is 13.0 Å². The SMILES string of the molecule is CCCN(C(=O)CCC(=O)O)[C@@H]1CCS(=O)(=O)C1. The molecule has 0 aromatic carbocycles. The van der Waals surface area contributed by atoms with Gasteiger partial charge in [-0.2, -0.15) is 0 Å². The van der Waals surface area contributed by atoms with E-state index in [1.807, 2.05) is 6.92 Å². The molecule has 1 fully saturated rings. The molecular formula is C11H19NO5S. The molecule has 1 N–H and O–H groups in total. The van der Waals surface area contributed by atoms with E-state index < -0.39 is 15.8 Å². The molecule has 7 heteroatoms. The summed E-state index contributed by atoms with van der Waals surface area (Å²) in [5, 5.41) is 8.56. The van der Waals surface area contributed by atoms with Gasteiger partial charge in [0.1, 0.15) is 0 Å². The normalized spacial score (nSPS) is 21.7. The third-order valence-electron chi connectivity index (χ3n) is 2.99. The molecule has 0 saturated carbocycles. The Hall–Kier alpha value is -1.11. The number of amides is 1. The predicted molar refractivity (Wildman–Crippen MR) is 65.9 cm³/mol. The zero-order chi connectivity index (χ0) is 13.8. The lowest BCUT2D eigenvalue weighted by Gasteiger charge is -2.27. The molecule has 1 amide bonds. The van der Waals surface area contributed by atoms with Crippen LogP contribution in [-0.2, 0) is 19.4 Å². The molecule has 0 radical (unpaired) electrons. The smallest absolute Gasteiger partial charge is 0.303 e. The highest BCUT2D eigenvalue weighted by molar-refractivity contribution is 7.91. The minimum absolute atomic E-state index is 0.00577. The second-order valence-electron chi connectivity index (χ2n) is 4.54. The number of carboxylic acids is 1. The Bertz CT molecular complexity index is 417. The molecular weight excluding hydrogens is 258 g/mol. The van der Waals surface area contributed by atoms with Crippen LogP contribution in [0.4, 0.5) is 0 Å². The molecule has 1 aliphatic heterocycles. The van der Waals surface area contributed by atoms with Gasteiger partial charge in [-0.25, -0.2) is 8.42 Å². The summed E-state index contributed by atoms with van der Waals surface area (Å²) in [6.07, 6.45) is 0.918. The van der Waals surface area contributed by atoms with Gasteiger partial charge in [-0.05, 0) is 12.8 Å². The Morgan fingerprint density at radius 3 is 2.44 bits per heavy atom. The number of hydrogen-bond donors (Lipinski definition) is 1. The first-order valence-corrected chi connectivity index (χ1v) is 7.89. The monoisotopic (exact) mass is 277 g/mol. The summed E-state index contributed by atoms with van der Waals surface area (Å²) in [7, 11) is -3.03. The van der Waals surface area contributed by atoms with Crippen molar-refractivity contribution in [1.29, 1.82) is 0 Å². The fourth-order valence-corrected chi connectivity index (χ4v) is 3.86. The maximum Gasteiger partial charge on any atom is 0.303 e. The minimum atomic E-state index is -3.03. The predicted octanol–water partition coefficient (Wildman–Crippen LogP) is 0.277. The van der Waals surface area contributed by atoms with Gasteiger partial charge in [0.05, 0.1) is 17.9 Å². The van der Waals surface area contributed by atoms with Gasteiger partial charge in [0.2, 0.25) is 5.91 Å². The summed E-state index contributed by atoms with van der Waals surface area (Å²) in [6, 6.07) is -0.281. The molecule has 0 unspecified atom stereocenters. The Morgan fingerprint density at radius 1 is 1.33 bits per heavy atom. The number of carbonyl (C=O) groups excluding carboxylic acids is 1. The summed E-state index contributed by atoms with van der Waals surface area (Å²) in [5.41, 5.74) is 0. The van der Waals surface area contributed by atoms with Gasteiger partial charge in [0.15, 0.2) is 9.84 Å². The summed E-state index contributed by atoms with van der Waals surface area (Å²) in [5.74, 6) is -1.16. The molecule has 1 atom stereocenters. The second kappa shape index (κ2) is 6.17. The third-order valence-corrected chi connectivity index (χ3v) is 4.74. The van der Waals surface area contributed by atoms with Crippen molar-refractivity contribution < 1.29 is 23.1 Å². The van der Waals surface area contributed by atoms with Crippen LogP contribution in [0.1, 0.15) is 32.6 Å². The van der Waals surface area contributed by atoms with Crippen LogP contribution in [0.25, 0.3) is 0 Å². The van der Waals surface area contributed by atoms with E-state index in [0.717, 1.165) is 6.42 Å². The second-order valence-corrected chi connectivity index (χ2v) is 6.77. The van der Waals surface area contributed by atoms with Gasteiger partial charge in [-0.3, -0.25) is 9.59 Å². The Labute approximate surface area is 107 Å². The molecule has 1 saturated heterocycles. The summed E-state index contributed by atoms with van der Waals surface area (Å²) >= 11 is 0. The zero-order valence-electron chi connectivity index (χ0n) is 10.5. The van der Waals surface area contributed by atoms with Crippen LogP contribution in [0.2, 0.25) is 0 Å². The minimum Gasteiger partial charge on any atom is -0.481 e. The average molecular weight is 277 g/mol. The maximum atomic E-state index is 11.9. The van der Waals surface area contributed by atoms with Crippen molar-refractivity contribution in [3.63, 3.8) is 0 Å². The van der Waals surface area contributed by atoms with Gasteiger partial charge in [-0.15, -0.1) is 0 Å². The molecule has 104 valence electrons. The largest absolute Gasteiger partial charge is 0.481 e. The van der Waals surface area contributed by atoms with E-state index >= 15 is 0 Å². The summed E-state index contributed by atoms with van der Waals surface area (Å²) < 4.78 is 22.8. The number of rotatable bonds is 6. The Balaban J connectivity index is 2.64. The van der Waals surface area contributed by atoms with E-state index in [2.05, 4.69) is 0 Å². The van der Waals surface area contributed by atoms with Crippen LogP contribution < -0.4 is 0 Å². The quantitative estimate of drug-likeness (QED) is 0.752. The third kappa shape index (κ3) is 4.29. The number of carbonyl (C=O) groups is 2. The topological polar surface area (TPSA) is 91.8 Å². The van der Waals surface area contributed by atoms with E-state index in [-0.39, 0.29) is 36.3 Å². The summed E-state index contributed by atoms with van der Waals surface area (Å²) in [4.78, 5) is 23.9. The lowest BCUT2D eigenvalue weighted by atomic mass is 10.1. The number of hydrogen-bond acceptors (Lipinski definition) is 4. The van der Waals surface area contributed by atoms with E-state index in [4.69, 9.17) is 5.11 Å². The first kappa shape index (κ1) is 14.9. The van der Waals surface area contributed by atoms with Crippen LogP contribution in [0.15, 0.2) is 0 Å². The molecule has 6 nitrogen and oxygen atoms in total. The number of sulfone groups is 1. The summed E-state index contributed by atoms with van der Waals surface area (Å²) in [6.45, 7) is 2.39. The lowest BCUT2D eigenvalue weighted by Crippen LogP contribution is -2.41. The molecule has 18 heavy (non-hydrogen) atoms. The molecule has 0 bridgehead atoms. The fraction of sp³-hybridized carbons (Fsp3) is 0.818. The van der Waals surface area contributed by atoms with E-state index in [1.165, 1.54) is 4.90 Å². The number of nitrogens with zero attached hydrogens (tertiary/aromatic N) is 1. The van der Waals surface area contributed by atoms with Crippen molar-refractivity contribution in [1.82, 2.24) is 4.90 Å². The van der Waals surface area contributed by atoms with Gasteiger partial charge in [-0.1, -0.05) is 6.92 Å². The average Bonchev–Trinajstić information content (AvgIpc) is 2.63. The highest BCUT2D eigenvalue weighted by Gasteiger charge is 2.34. The molecule has 0 aromatic heterocycles. The first-order valence-electron chi connectivity index (χ1n) is 6.07. The standard InChI is InChI=1S/C11H19NO5S/c1-2-6-12(10(13)3-4-11(14)15)9-5-7-18(16,17)8-9/h9H,2-8H2,1H3,(H,14,15)/t9-/m1/s1. The van der Waals surface area contributed by atoms with Crippen molar-refractivity contribution in [2.24, 2.45) is 0 Å². The maximum absolute atomic E-state index is 11.9. The fourth-order valence-electron chi connectivity index (χ4n) is 2.13. The van der Waals surface area contributed by atoms with Gasteiger partial charge < -0.3 is 10.0 Å². The molecule has 0 aliphatic carbocycles. The Kier molecular flexibility index (Phi) is 5.13. The molecule has 1 heterocycles. The molecule has 1 rings (SSSR count). The number of aliphatic carboxylic acids is 1. The molecule has 1 aliphatic rings. The number of carboxylic acid groups (broad SMARTS) is 1. The molecule has 0 aromatic rings. The van der Waals surface area contributed by atoms with Crippen molar-refractivity contribution in [3.05, 3.63) is 0 Å². The zero-order valence-corrected chi connectivity index (χ0v) is 11.3. The molecule has 0 spiro atoms. The van der Waals surface area contributed by atoms with Crippen molar-refractivity contribution in [2.45, 2.75) is 38.6 Å². The first-order chi connectivity index (χ1) is 8.35. The van der Waals surface area contributed by atoms with Crippen molar-refractivity contribution in [2.75, 3.05) is 18.1 Å². The lowest BCUT2D eigenvalue weighted by molar-refractivity contribution is -0.141. The van der Waals surface area contributed by atoms with Crippen LogP contribution >= 0.6 is 0 Å². The highest BCUT2D eigenvalue weighted by Crippen LogP contribution is 2.19. The van der Waals surface area contributed by atoms with E-state index in [9.17, 15) is 18.0 Å². The van der Waals surface area contributed by atoms with Crippen LogP contribution in [0, 0.1) is 0 Å². The van der Waals surface area contributed by atoms with E-state index in [1.54, 1.807) is 0 Å². The Morgan fingerprint density at radius 2 is 2.00 bits per heavy atom. The van der Waals surface area contributed by atoms with Crippen molar-refractivity contribution in [3.8, 4) is 0 Å².